The molecule has 8 aliphatic carbocycles. The molecule has 8 saturated carbocycles. The van der Waals surface area contributed by atoms with Gasteiger partial charge in [0.25, 0.3) is 0 Å². The zero-order valence-corrected chi connectivity index (χ0v) is 15.6. The number of benzene rings is 1. The zero-order chi connectivity index (χ0) is 16.3. The molecule has 0 radical (unpaired) electrons. The van der Waals surface area contributed by atoms with Crippen molar-refractivity contribution in [1.82, 2.24) is 0 Å². The standard InChI is InChI=1S/C26H30/c1-2-4-11(5-3-1)10-16-20-14-8-6-12-17-13-7-9-15-19(13)24-22(17)23(18(12)14)25(20)26(24)21(15)16/h1-5,12-26H,6-10H2. The molecule has 0 aromatic heterocycles. The lowest BCUT2D eigenvalue weighted by Gasteiger charge is -2.34. The predicted octanol–water partition coefficient (Wildman–Crippen LogP) is 5.14. The Morgan fingerprint density at radius 3 is 1.42 bits per heavy atom. The number of hydrogen-bond donors (Lipinski definition) is 0. The van der Waals surface area contributed by atoms with Crippen LogP contribution in [0.25, 0.3) is 0 Å². The first kappa shape index (κ1) is 13.4. The van der Waals surface area contributed by atoms with Gasteiger partial charge in [0.1, 0.15) is 0 Å². The van der Waals surface area contributed by atoms with Gasteiger partial charge in [-0.25, -0.2) is 0 Å². The average molecular weight is 343 g/mol. The van der Waals surface area contributed by atoms with Gasteiger partial charge in [0.2, 0.25) is 0 Å². The van der Waals surface area contributed by atoms with Gasteiger partial charge in [0, 0.05) is 0 Å². The van der Waals surface area contributed by atoms with Gasteiger partial charge in [-0.3, -0.25) is 0 Å². The maximum absolute atomic E-state index is 2.44. The van der Waals surface area contributed by atoms with Crippen molar-refractivity contribution in [1.29, 1.82) is 0 Å². The van der Waals surface area contributed by atoms with Gasteiger partial charge in [-0.2, -0.15) is 0 Å². The van der Waals surface area contributed by atoms with E-state index in [1.54, 1.807) is 31.2 Å². The van der Waals surface area contributed by atoms with Crippen LogP contribution < -0.4 is 0 Å². The van der Waals surface area contributed by atoms with E-state index in [2.05, 4.69) is 30.3 Å². The lowest BCUT2D eigenvalue weighted by molar-refractivity contribution is 0.143. The van der Waals surface area contributed by atoms with Gasteiger partial charge >= 0.3 is 0 Å². The molecular formula is C26H30. The molecule has 26 heavy (non-hydrogen) atoms. The Labute approximate surface area is 157 Å². The fraction of sp³-hybridized carbons (Fsp3) is 0.769. The molecule has 8 aliphatic rings. The third kappa shape index (κ3) is 1.12. The first-order valence-electron chi connectivity index (χ1n) is 12.0. The molecule has 0 bridgehead atoms. The summed E-state index contributed by atoms with van der Waals surface area (Å²) in [6.07, 6.45) is 7.98. The summed E-state index contributed by atoms with van der Waals surface area (Å²) in [6, 6.07) is 11.7. The molecule has 0 heteroatoms. The van der Waals surface area contributed by atoms with Crippen molar-refractivity contribution in [3.05, 3.63) is 35.9 Å². The highest BCUT2D eigenvalue weighted by atomic mass is 14.9. The molecule has 1 aromatic rings. The summed E-state index contributed by atoms with van der Waals surface area (Å²) < 4.78 is 0. The predicted molar refractivity (Wildman–Crippen MR) is 101 cm³/mol. The third-order valence-corrected chi connectivity index (χ3v) is 12.4. The van der Waals surface area contributed by atoms with E-state index < -0.39 is 0 Å². The second-order valence-corrected chi connectivity index (χ2v) is 11.9. The molecule has 0 saturated heterocycles. The molecule has 0 spiro atoms. The number of fused-ring (bicyclic) bond motifs is 4. The Bertz CT molecular complexity index is 765. The summed E-state index contributed by atoms with van der Waals surface area (Å²) in [5.41, 5.74) is 1.66. The van der Waals surface area contributed by atoms with Gasteiger partial charge in [-0.05, 0) is 126 Å². The van der Waals surface area contributed by atoms with Crippen LogP contribution in [0.5, 0.6) is 0 Å². The Hall–Kier alpha value is -0.780. The van der Waals surface area contributed by atoms with Crippen molar-refractivity contribution in [2.75, 3.05) is 0 Å². The topological polar surface area (TPSA) is 0 Å². The van der Waals surface area contributed by atoms with E-state index in [-0.39, 0.29) is 0 Å². The van der Waals surface area contributed by atoms with Crippen molar-refractivity contribution < 1.29 is 0 Å². The summed E-state index contributed by atoms with van der Waals surface area (Å²) in [6.45, 7) is 0. The van der Waals surface area contributed by atoms with E-state index in [4.69, 9.17) is 0 Å². The highest BCUT2D eigenvalue weighted by molar-refractivity contribution is 5.33. The smallest absolute Gasteiger partial charge is 0.0245 e. The Balaban J connectivity index is 1.26. The second kappa shape index (κ2) is 3.99. The molecule has 8 fully saturated rings. The SMILES string of the molecule is c1ccc(CC2C3C4CCC5C6C7CCC8C7C7C6C(C54)C3C7C82)cc1. The van der Waals surface area contributed by atoms with Crippen LogP contribution in [0.3, 0.4) is 0 Å². The van der Waals surface area contributed by atoms with Crippen LogP contribution in [0.2, 0.25) is 0 Å². The minimum Gasteiger partial charge on any atom is -0.0622 e. The molecule has 9 rings (SSSR count). The molecule has 134 valence electrons. The second-order valence-electron chi connectivity index (χ2n) is 11.9. The van der Waals surface area contributed by atoms with Crippen LogP contribution in [0.4, 0.5) is 0 Å². The highest BCUT2D eigenvalue weighted by Crippen LogP contribution is 2.89. The van der Waals surface area contributed by atoms with Crippen LogP contribution in [-0.4, -0.2) is 0 Å². The van der Waals surface area contributed by atoms with Crippen molar-refractivity contribution in [3.63, 3.8) is 0 Å². The fourth-order valence-electron chi connectivity index (χ4n) is 13.0. The van der Waals surface area contributed by atoms with E-state index in [1.165, 1.54) is 77.4 Å². The van der Waals surface area contributed by atoms with Crippen LogP contribution in [-0.2, 0) is 6.42 Å². The third-order valence-electron chi connectivity index (χ3n) is 12.4. The Kier molecular flexibility index (Phi) is 2.06. The monoisotopic (exact) mass is 342 g/mol. The molecule has 0 heterocycles. The maximum Gasteiger partial charge on any atom is -0.0245 e. The molecule has 0 N–H and O–H groups in total. The summed E-state index contributed by atoms with van der Waals surface area (Å²) in [5.74, 6) is 17.9. The summed E-state index contributed by atoms with van der Waals surface area (Å²) in [7, 11) is 0. The van der Waals surface area contributed by atoms with E-state index in [0.717, 1.165) is 17.8 Å². The fourth-order valence-corrected chi connectivity index (χ4v) is 13.0. The van der Waals surface area contributed by atoms with Gasteiger partial charge in [-0.15, -0.1) is 0 Å². The van der Waals surface area contributed by atoms with E-state index >= 15 is 0 Å². The van der Waals surface area contributed by atoms with Gasteiger partial charge < -0.3 is 0 Å². The van der Waals surface area contributed by atoms with Gasteiger partial charge in [0.15, 0.2) is 0 Å². The molecule has 12 unspecified atom stereocenters. The van der Waals surface area contributed by atoms with Crippen LogP contribution in [0.1, 0.15) is 31.2 Å². The minimum absolute atomic E-state index is 1.07. The number of rotatable bonds is 2. The van der Waals surface area contributed by atoms with E-state index in [0.29, 0.717) is 0 Å². The first-order chi connectivity index (χ1) is 12.9. The molecule has 0 aliphatic heterocycles. The Morgan fingerprint density at radius 2 is 0.923 bits per heavy atom. The van der Waals surface area contributed by atoms with Crippen molar-refractivity contribution in [3.8, 4) is 0 Å². The molecule has 0 nitrogen and oxygen atoms in total. The largest absolute Gasteiger partial charge is 0.0622 e. The van der Waals surface area contributed by atoms with E-state index in [9.17, 15) is 0 Å². The first-order valence-corrected chi connectivity index (χ1v) is 12.0. The van der Waals surface area contributed by atoms with Crippen LogP contribution >= 0.6 is 0 Å². The summed E-state index contributed by atoms with van der Waals surface area (Å²) in [4.78, 5) is 0. The van der Waals surface area contributed by atoms with Crippen molar-refractivity contribution in [2.24, 2.45) is 88.8 Å². The maximum atomic E-state index is 2.44. The molecule has 0 amide bonds. The normalized spacial score (nSPS) is 68.7. The van der Waals surface area contributed by atoms with Gasteiger partial charge in [-0.1, -0.05) is 30.3 Å². The van der Waals surface area contributed by atoms with E-state index in [1.807, 2.05) is 0 Å². The lowest BCUT2D eigenvalue weighted by Crippen LogP contribution is -2.30. The zero-order valence-electron chi connectivity index (χ0n) is 15.6. The van der Waals surface area contributed by atoms with Crippen molar-refractivity contribution in [2.45, 2.75) is 32.1 Å². The van der Waals surface area contributed by atoms with Crippen LogP contribution in [0.15, 0.2) is 30.3 Å². The molecular weight excluding hydrogens is 312 g/mol. The Morgan fingerprint density at radius 1 is 0.500 bits per heavy atom. The number of hydrogen-bond acceptors (Lipinski definition) is 0. The average Bonchev–Trinajstić information content (AvgIpc) is 3.42. The highest BCUT2D eigenvalue weighted by Gasteiger charge is 2.84. The van der Waals surface area contributed by atoms with Crippen LogP contribution in [0, 0.1) is 88.8 Å². The molecule has 1 aromatic carbocycles. The minimum atomic E-state index is 1.07. The summed E-state index contributed by atoms with van der Waals surface area (Å²) >= 11 is 0. The van der Waals surface area contributed by atoms with Crippen molar-refractivity contribution >= 4 is 0 Å². The molecule has 12 atom stereocenters. The van der Waals surface area contributed by atoms with Gasteiger partial charge in [0.05, 0.1) is 0 Å². The lowest BCUT2D eigenvalue weighted by atomic mass is 9.70. The summed E-state index contributed by atoms with van der Waals surface area (Å²) in [5, 5.41) is 0. The quantitative estimate of drug-likeness (QED) is 0.698.